The number of anilines is 1. The van der Waals surface area contributed by atoms with Crippen LogP contribution in [0.5, 0.6) is 0 Å². The first-order valence-electron chi connectivity index (χ1n) is 6.61. The maximum absolute atomic E-state index is 5.88. The van der Waals surface area contributed by atoms with Crippen molar-refractivity contribution in [2.24, 2.45) is 10.7 Å². The van der Waals surface area contributed by atoms with Gasteiger partial charge in [-0.05, 0) is 32.9 Å². The molecule has 114 valence electrons. The van der Waals surface area contributed by atoms with E-state index in [1.54, 1.807) is 11.3 Å². The van der Waals surface area contributed by atoms with Gasteiger partial charge < -0.3 is 11.1 Å². The summed E-state index contributed by atoms with van der Waals surface area (Å²) in [5.74, 6) is 0.452. The Morgan fingerprint density at radius 2 is 1.90 bits per heavy atom. The van der Waals surface area contributed by atoms with Gasteiger partial charge in [-0.1, -0.05) is 17.7 Å². The van der Waals surface area contributed by atoms with Gasteiger partial charge >= 0.3 is 0 Å². The molecule has 0 amide bonds. The van der Waals surface area contributed by atoms with E-state index in [4.69, 9.17) is 5.73 Å². The van der Waals surface area contributed by atoms with Crippen LogP contribution in [-0.4, -0.2) is 17.5 Å². The molecule has 0 saturated carbocycles. The van der Waals surface area contributed by atoms with E-state index in [1.807, 2.05) is 38.1 Å². The highest BCUT2D eigenvalue weighted by atomic mass is 127. The average Bonchev–Trinajstić information content (AvgIpc) is 2.71. The Balaban J connectivity index is 0.00000220. The molecule has 4 nitrogen and oxygen atoms in total. The number of hydrogen-bond donors (Lipinski definition) is 2. The van der Waals surface area contributed by atoms with Crippen LogP contribution in [0.3, 0.4) is 0 Å². The van der Waals surface area contributed by atoms with Crippen LogP contribution in [0.2, 0.25) is 0 Å². The Hall–Kier alpha value is -1.15. The van der Waals surface area contributed by atoms with E-state index in [1.165, 1.54) is 10.4 Å². The number of aliphatic imine (C=N–C) groups is 1. The van der Waals surface area contributed by atoms with Crippen molar-refractivity contribution in [3.8, 4) is 0 Å². The molecule has 3 N–H and O–H groups in total. The Kier molecular flexibility index (Phi) is 7.10. The molecule has 1 heterocycles. The van der Waals surface area contributed by atoms with Gasteiger partial charge in [0.1, 0.15) is 0 Å². The molecule has 0 aliphatic heterocycles. The third-order valence-corrected chi connectivity index (χ3v) is 4.08. The lowest BCUT2D eigenvalue weighted by molar-refractivity contribution is 0.965. The smallest absolute Gasteiger partial charge is 0.193 e. The monoisotopic (exact) mass is 416 g/mol. The van der Waals surface area contributed by atoms with Gasteiger partial charge in [-0.3, -0.25) is 4.99 Å². The molecule has 0 atom stereocenters. The van der Waals surface area contributed by atoms with E-state index in [0.29, 0.717) is 12.5 Å². The van der Waals surface area contributed by atoms with Crippen molar-refractivity contribution in [1.29, 1.82) is 0 Å². The number of halogens is 1. The van der Waals surface area contributed by atoms with E-state index < -0.39 is 0 Å². The molecule has 0 aliphatic rings. The third kappa shape index (κ3) is 5.62. The molecule has 0 saturated heterocycles. The Bertz CT molecular complexity index is 605. The maximum Gasteiger partial charge on any atom is 0.193 e. The molecule has 2 aromatic rings. The van der Waals surface area contributed by atoms with E-state index >= 15 is 0 Å². The average molecular weight is 416 g/mol. The fourth-order valence-corrected chi connectivity index (χ4v) is 2.83. The summed E-state index contributed by atoms with van der Waals surface area (Å²) in [6.45, 7) is 6.79. The number of nitrogens with one attached hydrogen (secondary N) is 1. The zero-order valence-corrected chi connectivity index (χ0v) is 15.7. The molecule has 0 bridgehead atoms. The van der Waals surface area contributed by atoms with Crippen molar-refractivity contribution in [3.05, 3.63) is 45.4 Å². The number of hydrogen-bond acceptors (Lipinski definition) is 3. The number of nitrogens with two attached hydrogens (primary N) is 1. The van der Waals surface area contributed by atoms with Crippen molar-refractivity contribution in [1.82, 2.24) is 4.98 Å². The highest BCUT2D eigenvalue weighted by Crippen LogP contribution is 2.17. The minimum Gasteiger partial charge on any atom is -0.370 e. The Labute approximate surface area is 146 Å². The number of aryl methyl sites for hydroxylation is 3. The van der Waals surface area contributed by atoms with E-state index in [0.717, 1.165) is 22.8 Å². The van der Waals surface area contributed by atoms with Crippen molar-refractivity contribution in [3.63, 3.8) is 0 Å². The molecule has 0 fully saturated rings. The summed E-state index contributed by atoms with van der Waals surface area (Å²) < 4.78 is 0. The SMILES string of the molecule is Cc1ccc(NC(N)=NCCc2sc(C)nc2C)cc1.I. The van der Waals surface area contributed by atoms with Crippen molar-refractivity contribution in [2.45, 2.75) is 27.2 Å². The first-order valence-corrected chi connectivity index (χ1v) is 7.43. The fourth-order valence-electron chi connectivity index (χ4n) is 1.91. The minimum absolute atomic E-state index is 0. The number of benzene rings is 1. The van der Waals surface area contributed by atoms with Crippen LogP contribution in [0.25, 0.3) is 0 Å². The number of nitrogens with zero attached hydrogens (tertiary/aromatic N) is 2. The van der Waals surface area contributed by atoms with Gasteiger partial charge in [-0.25, -0.2) is 4.98 Å². The summed E-state index contributed by atoms with van der Waals surface area (Å²) in [7, 11) is 0. The highest BCUT2D eigenvalue weighted by molar-refractivity contribution is 14.0. The van der Waals surface area contributed by atoms with Crippen LogP contribution >= 0.6 is 35.3 Å². The summed E-state index contributed by atoms with van der Waals surface area (Å²) in [5.41, 5.74) is 9.17. The van der Waals surface area contributed by atoms with Gasteiger partial charge in [-0.2, -0.15) is 0 Å². The largest absolute Gasteiger partial charge is 0.370 e. The molecule has 1 aromatic heterocycles. The number of thiazole rings is 1. The fraction of sp³-hybridized carbons (Fsp3) is 0.333. The summed E-state index contributed by atoms with van der Waals surface area (Å²) in [4.78, 5) is 10.0. The van der Waals surface area contributed by atoms with E-state index in [9.17, 15) is 0 Å². The molecule has 0 unspecified atom stereocenters. The lowest BCUT2D eigenvalue weighted by Crippen LogP contribution is -2.23. The maximum atomic E-state index is 5.88. The zero-order valence-electron chi connectivity index (χ0n) is 12.5. The second kappa shape index (κ2) is 8.33. The van der Waals surface area contributed by atoms with Crippen LogP contribution < -0.4 is 11.1 Å². The molecule has 2 rings (SSSR count). The summed E-state index contributed by atoms with van der Waals surface area (Å²) in [6, 6.07) is 8.07. The number of guanidine groups is 1. The Morgan fingerprint density at radius 1 is 1.24 bits per heavy atom. The van der Waals surface area contributed by atoms with Gasteiger partial charge in [0.25, 0.3) is 0 Å². The van der Waals surface area contributed by atoms with Gasteiger partial charge in [0.05, 0.1) is 10.7 Å². The van der Waals surface area contributed by atoms with Gasteiger partial charge in [0.2, 0.25) is 0 Å². The molecule has 1 aromatic carbocycles. The van der Waals surface area contributed by atoms with Crippen LogP contribution in [0.15, 0.2) is 29.3 Å². The van der Waals surface area contributed by atoms with Crippen LogP contribution in [0.4, 0.5) is 5.69 Å². The molecule has 0 spiro atoms. The van der Waals surface area contributed by atoms with Crippen molar-refractivity contribution < 1.29 is 0 Å². The van der Waals surface area contributed by atoms with Crippen molar-refractivity contribution >= 4 is 47.0 Å². The topological polar surface area (TPSA) is 63.3 Å². The molecular weight excluding hydrogens is 395 g/mol. The molecule has 0 aliphatic carbocycles. The van der Waals surface area contributed by atoms with E-state index in [-0.39, 0.29) is 24.0 Å². The zero-order chi connectivity index (χ0) is 14.5. The van der Waals surface area contributed by atoms with Crippen LogP contribution in [0, 0.1) is 20.8 Å². The van der Waals surface area contributed by atoms with Gasteiger partial charge in [-0.15, -0.1) is 35.3 Å². The second-order valence-corrected chi connectivity index (χ2v) is 6.04. The predicted octanol–water partition coefficient (Wildman–Crippen LogP) is 3.66. The number of rotatable bonds is 4. The number of aromatic nitrogens is 1. The first kappa shape index (κ1) is 17.9. The summed E-state index contributed by atoms with van der Waals surface area (Å²) in [6.07, 6.45) is 0.883. The molecular formula is C15H21IN4S. The summed E-state index contributed by atoms with van der Waals surface area (Å²) >= 11 is 1.73. The standard InChI is InChI=1S/C15H20N4S.HI/c1-10-4-6-13(7-5-10)19-15(16)17-9-8-14-11(2)18-12(3)20-14;/h4-7H,8-9H2,1-3H3,(H3,16,17,19);1H. The van der Waals surface area contributed by atoms with E-state index in [2.05, 4.69) is 22.2 Å². The molecule has 0 radical (unpaired) electrons. The molecule has 21 heavy (non-hydrogen) atoms. The summed E-state index contributed by atoms with van der Waals surface area (Å²) in [5, 5.41) is 4.19. The third-order valence-electron chi connectivity index (χ3n) is 2.94. The highest BCUT2D eigenvalue weighted by Gasteiger charge is 2.03. The predicted molar refractivity (Wildman–Crippen MR) is 102 cm³/mol. The second-order valence-electron chi connectivity index (χ2n) is 4.75. The minimum atomic E-state index is 0. The van der Waals surface area contributed by atoms with Crippen LogP contribution in [0.1, 0.15) is 21.1 Å². The quantitative estimate of drug-likeness (QED) is 0.454. The van der Waals surface area contributed by atoms with Crippen molar-refractivity contribution in [2.75, 3.05) is 11.9 Å². The molecule has 6 heteroatoms. The van der Waals surface area contributed by atoms with Crippen LogP contribution in [-0.2, 0) is 6.42 Å². The lowest BCUT2D eigenvalue weighted by atomic mass is 10.2. The normalized spacial score (nSPS) is 11.1. The lowest BCUT2D eigenvalue weighted by Gasteiger charge is -2.05. The first-order chi connectivity index (χ1) is 9.54. The van der Waals surface area contributed by atoms with Gasteiger partial charge in [0, 0.05) is 23.5 Å². The van der Waals surface area contributed by atoms with Gasteiger partial charge in [0.15, 0.2) is 5.96 Å². The Morgan fingerprint density at radius 3 is 2.48 bits per heavy atom.